The molecule has 0 fully saturated rings. The molecule has 3 aromatic rings. The zero-order chi connectivity index (χ0) is 19.2. The molecule has 0 saturated carbocycles. The molecule has 0 aliphatic carbocycles. The number of thiazole rings is 1. The third-order valence-corrected chi connectivity index (χ3v) is 4.86. The maximum atomic E-state index is 12.8. The molecule has 0 aliphatic rings. The van der Waals surface area contributed by atoms with E-state index in [9.17, 15) is 4.79 Å². The lowest BCUT2D eigenvalue weighted by Gasteiger charge is -2.18. The van der Waals surface area contributed by atoms with Crippen molar-refractivity contribution in [2.75, 3.05) is 14.2 Å². The van der Waals surface area contributed by atoms with Gasteiger partial charge in [-0.3, -0.25) is 4.79 Å². The number of rotatable bonds is 7. The summed E-state index contributed by atoms with van der Waals surface area (Å²) in [5.74, 6) is 1.37. The predicted molar refractivity (Wildman–Crippen MR) is 106 cm³/mol. The summed E-state index contributed by atoms with van der Waals surface area (Å²) >= 11 is 1.59. The Hall–Kier alpha value is -2.86. The Morgan fingerprint density at radius 2 is 1.93 bits per heavy atom. The van der Waals surface area contributed by atoms with Crippen molar-refractivity contribution in [3.05, 3.63) is 75.7 Å². The quantitative estimate of drug-likeness (QED) is 0.611. The van der Waals surface area contributed by atoms with Crippen LogP contribution < -0.4 is 9.47 Å². The average molecular weight is 382 g/mol. The van der Waals surface area contributed by atoms with Crippen LogP contribution in [0.25, 0.3) is 0 Å². The highest BCUT2D eigenvalue weighted by Gasteiger charge is 2.13. The minimum Gasteiger partial charge on any atom is -0.497 e. The maximum Gasteiger partial charge on any atom is 0.254 e. The number of hydrogen-bond acceptors (Lipinski definition) is 5. The van der Waals surface area contributed by atoms with Crippen molar-refractivity contribution < 1.29 is 14.3 Å². The first-order valence-electron chi connectivity index (χ1n) is 8.57. The maximum absolute atomic E-state index is 12.8. The average Bonchev–Trinajstić information content (AvgIpc) is 3.11. The predicted octanol–water partition coefficient (Wildman–Crippen LogP) is 4.31. The molecule has 140 valence electrons. The van der Waals surface area contributed by atoms with Gasteiger partial charge in [-0.1, -0.05) is 18.2 Å². The second-order valence-electron chi connectivity index (χ2n) is 6.19. The van der Waals surface area contributed by atoms with E-state index in [1.807, 2.05) is 48.7 Å². The van der Waals surface area contributed by atoms with Gasteiger partial charge in [0.05, 0.1) is 17.8 Å². The minimum atomic E-state index is -0.0622. The fourth-order valence-corrected chi connectivity index (χ4v) is 3.28. The second kappa shape index (κ2) is 8.68. The van der Waals surface area contributed by atoms with E-state index in [0.29, 0.717) is 24.5 Å². The molecule has 5 nitrogen and oxygen atoms in total. The second-order valence-corrected chi connectivity index (χ2v) is 7.25. The Balaban J connectivity index is 1.64. The van der Waals surface area contributed by atoms with Gasteiger partial charge in [0.25, 0.3) is 5.91 Å². The van der Waals surface area contributed by atoms with Crippen LogP contribution >= 0.6 is 11.3 Å². The SMILES string of the molecule is COc1cccc(CN(C)C(=O)c2cccc(OCc3csc(C)n3)c2)c1. The molecule has 3 rings (SSSR count). The van der Waals surface area contributed by atoms with Gasteiger partial charge in [0.2, 0.25) is 0 Å². The van der Waals surface area contributed by atoms with Crippen molar-refractivity contribution in [1.82, 2.24) is 9.88 Å². The van der Waals surface area contributed by atoms with Crippen LogP contribution in [-0.4, -0.2) is 29.9 Å². The number of aromatic nitrogens is 1. The number of methoxy groups -OCH3 is 1. The van der Waals surface area contributed by atoms with E-state index < -0.39 is 0 Å². The normalized spacial score (nSPS) is 10.5. The highest BCUT2D eigenvalue weighted by Crippen LogP contribution is 2.19. The van der Waals surface area contributed by atoms with Crippen molar-refractivity contribution in [2.24, 2.45) is 0 Å². The zero-order valence-corrected chi connectivity index (χ0v) is 16.5. The number of benzene rings is 2. The zero-order valence-electron chi connectivity index (χ0n) is 15.6. The molecule has 0 saturated heterocycles. The van der Waals surface area contributed by atoms with Crippen LogP contribution in [0.15, 0.2) is 53.9 Å². The molecule has 1 amide bonds. The molecule has 0 bridgehead atoms. The van der Waals surface area contributed by atoms with E-state index in [2.05, 4.69) is 4.98 Å². The van der Waals surface area contributed by atoms with E-state index in [1.54, 1.807) is 42.5 Å². The smallest absolute Gasteiger partial charge is 0.254 e. The number of carbonyl (C=O) groups is 1. The Labute approximate surface area is 163 Å². The molecule has 0 radical (unpaired) electrons. The van der Waals surface area contributed by atoms with Gasteiger partial charge >= 0.3 is 0 Å². The first kappa shape index (κ1) is 18.9. The number of ether oxygens (including phenoxy) is 2. The molecule has 0 aliphatic heterocycles. The Morgan fingerprint density at radius 1 is 1.15 bits per heavy atom. The van der Waals surface area contributed by atoms with Gasteiger partial charge in [0.15, 0.2) is 0 Å². The summed E-state index contributed by atoms with van der Waals surface area (Å²) < 4.78 is 11.0. The summed E-state index contributed by atoms with van der Waals surface area (Å²) in [4.78, 5) is 18.8. The van der Waals surface area contributed by atoms with Gasteiger partial charge in [-0.05, 0) is 42.8 Å². The number of amides is 1. The topological polar surface area (TPSA) is 51.7 Å². The third kappa shape index (κ3) is 5.08. The van der Waals surface area contributed by atoms with Crippen LogP contribution in [0, 0.1) is 6.92 Å². The fraction of sp³-hybridized carbons (Fsp3) is 0.238. The summed E-state index contributed by atoms with van der Waals surface area (Å²) in [6, 6.07) is 14.9. The molecule has 1 aromatic heterocycles. The van der Waals surface area contributed by atoms with Gasteiger partial charge in [0, 0.05) is 24.5 Å². The molecule has 2 aromatic carbocycles. The molecule has 0 atom stereocenters. The van der Waals surface area contributed by atoms with E-state index in [1.165, 1.54) is 0 Å². The lowest BCUT2D eigenvalue weighted by Crippen LogP contribution is -2.26. The van der Waals surface area contributed by atoms with Crippen LogP contribution in [0.1, 0.15) is 26.6 Å². The van der Waals surface area contributed by atoms with E-state index in [-0.39, 0.29) is 5.91 Å². The number of nitrogens with zero attached hydrogens (tertiary/aromatic N) is 2. The van der Waals surface area contributed by atoms with Crippen molar-refractivity contribution in [3.8, 4) is 11.5 Å². The Bertz CT molecular complexity index is 923. The van der Waals surface area contributed by atoms with Gasteiger partial charge in [-0.15, -0.1) is 11.3 Å². The summed E-state index contributed by atoms with van der Waals surface area (Å²) in [5.41, 5.74) is 2.49. The van der Waals surface area contributed by atoms with Crippen molar-refractivity contribution in [1.29, 1.82) is 0 Å². The van der Waals surface area contributed by atoms with Gasteiger partial charge in [-0.2, -0.15) is 0 Å². The number of aryl methyl sites for hydroxylation is 1. The van der Waals surface area contributed by atoms with E-state index >= 15 is 0 Å². The molecular formula is C21H22N2O3S. The van der Waals surface area contributed by atoms with Gasteiger partial charge in [-0.25, -0.2) is 4.98 Å². The van der Waals surface area contributed by atoms with E-state index in [0.717, 1.165) is 22.0 Å². The number of hydrogen-bond donors (Lipinski definition) is 0. The largest absolute Gasteiger partial charge is 0.497 e. The molecule has 0 unspecified atom stereocenters. The summed E-state index contributed by atoms with van der Waals surface area (Å²) in [6.07, 6.45) is 0. The van der Waals surface area contributed by atoms with Crippen molar-refractivity contribution >= 4 is 17.2 Å². The third-order valence-electron chi connectivity index (χ3n) is 4.03. The van der Waals surface area contributed by atoms with Crippen LogP contribution in [0.4, 0.5) is 0 Å². The van der Waals surface area contributed by atoms with Crippen LogP contribution in [0.2, 0.25) is 0 Å². The van der Waals surface area contributed by atoms with Gasteiger partial charge in [0.1, 0.15) is 18.1 Å². The van der Waals surface area contributed by atoms with Gasteiger partial charge < -0.3 is 14.4 Å². The van der Waals surface area contributed by atoms with Crippen LogP contribution in [-0.2, 0) is 13.2 Å². The first-order chi connectivity index (χ1) is 13.0. The molecule has 6 heteroatoms. The Morgan fingerprint density at radius 3 is 2.67 bits per heavy atom. The van der Waals surface area contributed by atoms with Crippen molar-refractivity contribution in [3.63, 3.8) is 0 Å². The fourth-order valence-electron chi connectivity index (χ4n) is 2.69. The Kier molecular flexibility index (Phi) is 6.08. The van der Waals surface area contributed by atoms with Crippen molar-refractivity contribution in [2.45, 2.75) is 20.1 Å². The lowest BCUT2D eigenvalue weighted by molar-refractivity contribution is 0.0784. The molecule has 27 heavy (non-hydrogen) atoms. The molecule has 0 N–H and O–H groups in total. The lowest BCUT2D eigenvalue weighted by atomic mass is 10.1. The summed E-state index contributed by atoms with van der Waals surface area (Å²) in [7, 11) is 3.42. The molecule has 1 heterocycles. The minimum absolute atomic E-state index is 0.0622. The molecule has 0 spiro atoms. The van der Waals surface area contributed by atoms with E-state index in [4.69, 9.17) is 9.47 Å². The first-order valence-corrected chi connectivity index (χ1v) is 9.45. The number of carbonyl (C=O) groups excluding carboxylic acids is 1. The highest BCUT2D eigenvalue weighted by molar-refractivity contribution is 7.09. The monoisotopic (exact) mass is 382 g/mol. The summed E-state index contributed by atoms with van der Waals surface area (Å²) in [5, 5.41) is 2.99. The molecular weight excluding hydrogens is 360 g/mol. The standard InChI is InChI=1S/C21H22N2O3S/c1-15-22-18(14-27-15)13-26-20-9-5-7-17(11-20)21(24)23(2)12-16-6-4-8-19(10-16)25-3/h4-11,14H,12-13H2,1-3H3. The summed E-state index contributed by atoms with van der Waals surface area (Å²) in [6.45, 7) is 2.85. The highest BCUT2D eigenvalue weighted by atomic mass is 32.1. The van der Waals surface area contributed by atoms with Crippen LogP contribution in [0.3, 0.4) is 0 Å². The van der Waals surface area contributed by atoms with Crippen LogP contribution in [0.5, 0.6) is 11.5 Å².